The number of likely N-dealkylation sites (tertiary alicyclic amines) is 1. The van der Waals surface area contributed by atoms with Crippen LogP contribution >= 0.6 is 0 Å². The zero-order chi connectivity index (χ0) is 14.9. The van der Waals surface area contributed by atoms with E-state index in [4.69, 9.17) is 5.11 Å². The minimum absolute atomic E-state index is 0.167. The third-order valence-electron chi connectivity index (χ3n) is 3.72. The van der Waals surface area contributed by atoms with Gasteiger partial charge in [-0.2, -0.15) is 0 Å². The Bertz CT molecular complexity index is 533. The van der Waals surface area contributed by atoms with Gasteiger partial charge in [0.1, 0.15) is 0 Å². The van der Waals surface area contributed by atoms with Gasteiger partial charge in [0.2, 0.25) is 0 Å². The van der Waals surface area contributed by atoms with Gasteiger partial charge in [-0.15, -0.1) is 0 Å². The quantitative estimate of drug-likeness (QED) is 0.927. The van der Waals surface area contributed by atoms with Crippen molar-refractivity contribution < 1.29 is 23.5 Å². The molecule has 1 amide bonds. The van der Waals surface area contributed by atoms with Gasteiger partial charge in [-0.05, 0) is 25.5 Å². The highest BCUT2D eigenvalue weighted by atomic mass is 19.3. The van der Waals surface area contributed by atoms with Crippen LogP contribution in [0.1, 0.15) is 35.7 Å². The van der Waals surface area contributed by atoms with E-state index in [1.54, 1.807) is 6.92 Å². The Labute approximate surface area is 115 Å². The van der Waals surface area contributed by atoms with E-state index < -0.39 is 30.3 Å². The van der Waals surface area contributed by atoms with Crippen molar-refractivity contribution in [1.82, 2.24) is 4.90 Å². The van der Waals surface area contributed by atoms with Crippen molar-refractivity contribution >= 4 is 11.9 Å². The zero-order valence-electron chi connectivity index (χ0n) is 10.9. The topological polar surface area (TPSA) is 57.6 Å². The second kappa shape index (κ2) is 5.56. The number of carbonyl (C=O) groups is 2. The lowest BCUT2D eigenvalue weighted by Crippen LogP contribution is -2.37. The molecule has 0 spiro atoms. The summed E-state index contributed by atoms with van der Waals surface area (Å²) >= 11 is 0. The van der Waals surface area contributed by atoms with Gasteiger partial charge in [0.05, 0.1) is 5.92 Å². The lowest BCUT2D eigenvalue weighted by molar-refractivity contribution is -0.142. The van der Waals surface area contributed by atoms with Crippen LogP contribution in [0.3, 0.4) is 0 Å². The molecule has 0 saturated carbocycles. The predicted molar refractivity (Wildman–Crippen MR) is 67.6 cm³/mol. The number of hydrogen-bond acceptors (Lipinski definition) is 2. The van der Waals surface area contributed by atoms with Gasteiger partial charge < -0.3 is 10.0 Å². The van der Waals surface area contributed by atoms with Gasteiger partial charge in [0.15, 0.2) is 0 Å². The minimum atomic E-state index is -2.63. The molecule has 4 nitrogen and oxygen atoms in total. The van der Waals surface area contributed by atoms with Crippen molar-refractivity contribution in [2.24, 2.45) is 5.92 Å². The molecule has 1 N–H and O–H groups in total. The fourth-order valence-electron chi connectivity index (χ4n) is 2.53. The Morgan fingerprint density at radius 2 is 2.10 bits per heavy atom. The van der Waals surface area contributed by atoms with Crippen LogP contribution in [0.5, 0.6) is 0 Å². The Balaban J connectivity index is 2.20. The van der Waals surface area contributed by atoms with Crippen molar-refractivity contribution in [3.05, 3.63) is 35.4 Å². The van der Waals surface area contributed by atoms with Crippen LogP contribution in [0.4, 0.5) is 8.78 Å². The maximum atomic E-state index is 12.6. The molecule has 1 aromatic carbocycles. The van der Waals surface area contributed by atoms with Crippen molar-refractivity contribution in [3.63, 3.8) is 0 Å². The maximum Gasteiger partial charge on any atom is 0.308 e. The summed E-state index contributed by atoms with van der Waals surface area (Å²) in [6, 6.07) is 4.86. The fraction of sp³-hybridized carbons (Fsp3) is 0.429. The summed E-state index contributed by atoms with van der Waals surface area (Å²) in [5, 5.41) is 9.03. The molecule has 6 heteroatoms. The third kappa shape index (κ3) is 2.64. The van der Waals surface area contributed by atoms with Gasteiger partial charge in [0.25, 0.3) is 12.3 Å². The monoisotopic (exact) mass is 283 g/mol. The van der Waals surface area contributed by atoms with Gasteiger partial charge >= 0.3 is 5.97 Å². The lowest BCUT2D eigenvalue weighted by atomic mass is 10.0. The summed E-state index contributed by atoms with van der Waals surface area (Å²) in [7, 11) is 0. The lowest BCUT2D eigenvalue weighted by Gasteiger charge is -2.23. The normalized spacial score (nSPS) is 22.3. The molecular weight excluding hydrogens is 268 g/mol. The molecule has 1 aliphatic rings. The number of carbonyl (C=O) groups excluding carboxylic acids is 1. The number of carboxylic acid groups (broad SMARTS) is 1. The first-order chi connectivity index (χ1) is 9.41. The molecule has 1 aliphatic heterocycles. The number of amides is 1. The number of aliphatic carboxylic acids is 1. The molecule has 0 aliphatic carbocycles. The van der Waals surface area contributed by atoms with E-state index in [0.717, 1.165) is 6.07 Å². The summed E-state index contributed by atoms with van der Waals surface area (Å²) in [6.07, 6.45) is -2.25. The summed E-state index contributed by atoms with van der Waals surface area (Å²) in [4.78, 5) is 24.7. The Hall–Kier alpha value is -1.98. The molecule has 1 fully saturated rings. The summed E-state index contributed by atoms with van der Waals surface area (Å²) < 4.78 is 25.3. The van der Waals surface area contributed by atoms with Crippen LogP contribution in [0.25, 0.3) is 0 Å². The number of rotatable bonds is 3. The third-order valence-corrected chi connectivity index (χ3v) is 3.72. The first kappa shape index (κ1) is 14.4. The molecule has 1 heterocycles. The smallest absolute Gasteiger partial charge is 0.308 e. The van der Waals surface area contributed by atoms with E-state index in [1.807, 2.05) is 0 Å². The van der Waals surface area contributed by atoms with E-state index >= 15 is 0 Å². The molecular formula is C14H15F2NO3. The number of alkyl halides is 2. The molecule has 20 heavy (non-hydrogen) atoms. The van der Waals surface area contributed by atoms with Crippen molar-refractivity contribution in [2.45, 2.75) is 25.8 Å². The van der Waals surface area contributed by atoms with Gasteiger partial charge in [-0.25, -0.2) is 8.78 Å². The SMILES string of the molecule is CC1C(C(=O)O)CCN1C(=O)c1cccc(C(F)F)c1. The van der Waals surface area contributed by atoms with Crippen LogP contribution in [0, 0.1) is 5.92 Å². The average molecular weight is 283 g/mol. The van der Waals surface area contributed by atoms with E-state index in [2.05, 4.69) is 0 Å². The second-order valence-electron chi connectivity index (χ2n) is 4.90. The maximum absolute atomic E-state index is 12.6. The van der Waals surface area contributed by atoms with Crippen LogP contribution < -0.4 is 0 Å². The molecule has 1 aromatic rings. The second-order valence-corrected chi connectivity index (χ2v) is 4.90. The molecule has 1 saturated heterocycles. The zero-order valence-corrected chi connectivity index (χ0v) is 10.9. The Morgan fingerprint density at radius 1 is 1.40 bits per heavy atom. The molecule has 0 radical (unpaired) electrons. The molecule has 0 bridgehead atoms. The molecule has 0 aromatic heterocycles. The number of benzene rings is 1. The van der Waals surface area contributed by atoms with Crippen LogP contribution in [0.2, 0.25) is 0 Å². The Morgan fingerprint density at radius 3 is 2.65 bits per heavy atom. The molecule has 108 valence electrons. The predicted octanol–water partition coefficient (Wildman–Crippen LogP) is 2.56. The van der Waals surface area contributed by atoms with E-state index in [9.17, 15) is 18.4 Å². The number of hydrogen-bond donors (Lipinski definition) is 1. The van der Waals surface area contributed by atoms with E-state index in [-0.39, 0.29) is 11.1 Å². The van der Waals surface area contributed by atoms with Gasteiger partial charge in [0, 0.05) is 23.7 Å². The van der Waals surface area contributed by atoms with Crippen LogP contribution in [-0.2, 0) is 4.79 Å². The number of carboxylic acids is 1. The summed E-state index contributed by atoms with van der Waals surface area (Å²) in [5.41, 5.74) is -0.0434. The van der Waals surface area contributed by atoms with Crippen LogP contribution in [-0.4, -0.2) is 34.5 Å². The van der Waals surface area contributed by atoms with Crippen LogP contribution in [0.15, 0.2) is 24.3 Å². The van der Waals surface area contributed by atoms with Crippen molar-refractivity contribution in [1.29, 1.82) is 0 Å². The fourth-order valence-corrected chi connectivity index (χ4v) is 2.53. The first-order valence-electron chi connectivity index (χ1n) is 6.33. The highest BCUT2D eigenvalue weighted by molar-refractivity contribution is 5.95. The van der Waals surface area contributed by atoms with E-state index in [1.165, 1.54) is 23.1 Å². The van der Waals surface area contributed by atoms with Crippen molar-refractivity contribution in [2.75, 3.05) is 6.54 Å². The van der Waals surface area contributed by atoms with E-state index in [0.29, 0.717) is 13.0 Å². The first-order valence-corrected chi connectivity index (χ1v) is 6.33. The Kier molecular flexibility index (Phi) is 4.01. The molecule has 2 rings (SSSR count). The average Bonchev–Trinajstić information content (AvgIpc) is 2.80. The standard InChI is InChI=1S/C14H15F2NO3/c1-8-11(14(19)20)5-6-17(8)13(18)10-4-2-3-9(7-10)12(15)16/h2-4,7-8,11-12H,5-6H2,1H3,(H,19,20). The van der Waals surface area contributed by atoms with Gasteiger partial charge in [-0.3, -0.25) is 9.59 Å². The largest absolute Gasteiger partial charge is 0.481 e. The van der Waals surface area contributed by atoms with Crippen molar-refractivity contribution in [3.8, 4) is 0 Å². The highest BCUT2D eigenvalue weighted by Crippen LogP contribution is 2.27. The van der Waals surface area contributed by atoms with Gasteiger partial charge in [-0.1, -0.05) is 12.1 Å². The number of nitrogens with zero attached hydrogens (tertiary/aromatic N) is 1. The molecule has 2 atom stereocenters. The summed E-state index contributed by atoms with van der Waals surface area (Å²) in [5.74, 6) is -1.94. The molecule has 2 unspecified atom stereocenters. The highest BCUT2D eigenvalue weighted by Gasteiger charge is 2.38. The minimum Gasteiger partial charge on any atom is -0.481 e. The summed E-state index contributed by atoms with van der Waals surface area (Å²) in [6.45, 7) is 2.00. The number of halogens is 2.